The van der Waals surface area contributed by atoms with Crippen LogP contribution in [0.3, 0.4) is 0 Å². The summed E-state index contributed by atoms with van der Waals surface area (Å²) in [5, 5.41) is 3.45. The molecular formula is C18H22BrNS. The van der Waals surface area contributed by atoms with Crippen LogP contribution >= 0.6 is 27.7 Å². The lowest BCUT2D eigenvalue weighted by atomic mass is 10.1. The van der Waals surface area contributed by atoms with E-state index in [1.165, 1.54) is 26.1 Å². The molecule has 2 aromatic rings. The second-order valence-corrected chi connectivity index (χ2v) is 7.08. The number of hydrogen-bond donors (Lipinski definition) is 1. The molecule has 2 rings (SSSR count). The molecule has 0 bridgehead atoms. The number of halogens is 1. The Morgan fingerprint density at radius 3 is 2.62 bits per heavy atom. The van der Waals surface area contributed by atoms with Gasteiger partial charge in [-0.15, -0.1) is 11.8 Å². The summed E-state index contributed by atoms with van der Waals surface area (Å²) in [6, 6.07) is 15.6. The average Bonchev–Trinajstić information content (AvgIpc) is 2.46. The highest BCUT2D eigenvalue weighted by Gasteiger charge is 2.09. The minimum absolute atomic E-state index is 0.375. The molecule has 0 saturated carbocycles. The summed E-state index contributed by atoms with van der Waals surface area (Å²) in [7, 11) is 0. The van der Waals surface area contributed by atoms with Gasteiger partial charge in [0, 0.05) is 21.2 Å². The minimum Gasteiger partial charge on any atom is -0.310 e. The van der Waals surface area contributed by atoms with Gasteiger partial charge in [0.1, 0.15) is 0 Å². The van der Waals surface area contributed by atoms with Gasteiger partial charge in [-0.3, -0.25) is 0 Å². The molecule has 1 unspecified atom stereocenters. The summed E-state index contributed by atoms with van der Waals surface area (Å²) in [4.78, 5) is 1.30. The van der Waals surface area contributed by atoms with E-state index in [0.29, 0.717) is 6.04 Å². The third-order valence-electron chi connectivity index (χ3n) is 3.60. The zero-order valence-electron chi connectivity index (χ0n) is 12.8. The van der Waals surface area contributed by atoms with E-state index < -0.39 is 0 Å². The predicted octanol–water partition coefficient (Wildman–Crippen LogP) is 5.72. The topological polar surface area (TPSA) is 12.0 Å². The summed E-state index contributed by atoms with van der Waals surface area (Å²) in [6.45, 7) is 7.49. The largest absolute Gasteiger partial charge is 0.310 e. The van der Waals surface area contributed by atoms with Gasteiger partial charge < -0.3 is 5.32 Å². The van der Waals surface area contributed by atoms with Crippen molar-refractivity contribution in [3.05, 3.63) is 63.6 Å². The van der Waals surface area contributed by atoms with Crippen molar-refractivity contribution < 1.29 is 0 Å². The first-order valence-corrected chi connectivity index (χ1v) is 9.09. The number of thioether (sulfide) groups is 1. The molecule has 0 amide bonds. The lowest BCUT2D eigenvalue weighted by Crippen LogP contribution is -2.18. The van der Waals surface area contributed by atoms with Crippen molar-refractivity contribution in [2.75, 3.05) is 6.54 Å². The van der Waals surface area contributed by atoms with Crippen molar-refractivity contribution in [2.45, 2.75) is 37.5 Å². The molecule has 0 spiro atoms. The van der Waals surface area contributed by atoms with Gasteiger partial charge in [0.25, 0.3) is 0 Å². The molecule has 112 valence electrons. The van der Waals surface area contributed by atoms with Crippen LogP contribution in [0.5, 0.6) is 0 Å². The molecule has 0 aliphatic rings. The van der Waals surface area contributed by atoms with Gasteiger partial charge in [0.05, 0.1) is 0 Å². The quantitative estimate of drug-likeness (QED) is 0.658. The smallest absolute Gasteiger partial charge is 0.0302 e. The molecule has 0 aliphatic heterocycles. The highest BCUT2D eigenvalue weighted by molar-refractivity contribution is 9.10. The van der Waals surface area contributed by atoms with Crippen molar-refractivity contribution >= 4 is 27.7 Å². The molecular weight excluding hydrogens is 342 g/mol. The molecule has 2 aromatic carbocycles. The van der Waals surface area contributed by atoms with Gasteiger partial charge in [0.15, 0.2) is 0 Å². The molecule has 0 aromatic heterocycles. The molecule has 0 radical (unpaired) electrons. The third-order valence-corrected chi connectivity index (χ3v) is 5.33. The van der Waals surface area contributed by atoms with Gasteiger partial charge in [-0.25, -0.2) is 0 Å². The van der Waals surface area contributed by atoms with Crippen LogP contribution in [-0.4, -0.2) is 6.54 Å². The molecule has 0 fully saturated rings. The van der Waals surface area contributed by atoms with E-state index in [0.717, 1.165) is 12.3 Å². The van der Waals surface area contributed by atoms with E-state index in [1.807, 2.05) is 11.8 Å². The Labute approximate surface area is 140 Å². The lowest BCUT2D eigenvalue weighted by molar-refractivity contribution is 0.595. The molecule has 1 atom stereocenters. The standard InChI is InChI=1S/C18H22BrNS/c1-4-20-14(3)17-10-9-16(11-18(17)19)21-12-15-8-6-5-7-13(15)2/h5-11,14,20H,4,12H2,1-3H3. The molecule has 0 heterocycles. The van der Waals surface area contributed by atoms with E-state index in [2.05, 4.69) is 84.5 Å². The van der Waals surface area contributed by atoms with Gasteiger partial charge in [-0.2, -0.15) is 0 Å². The molecule has 21 heavy (non-hydrogen) atoms. The van der Waals surface area contributed by atoms with Crippen molar-refractivity contribution in [1.29, 1.82) is 0 Å². The number of nitrogens with one attached hydrogen (secondary N) is 1. The number of hydrogen-bond acceptors (Lipinski definition) is 2. The van der Waals surface area contributed by atoms with Crippen LogP contribution in [-0.2, 0) is 5.75 Å². The Morgan fingerprint density at radius 1 is 1.19 bits per heavy atom. The molecule has 1 nitrogen and oxygen atoms in total. The fraction of sp³-hybridized carbons (Fsp3) is 0.333. The summed E-state index contributed by atoms with van der Waals surface area (Å²) < 4.78 is 1.19. The Hall–Kier alpha value is -0.770. The Morgan fingerprint density at radius 2 is 1.95 bits per heavy atom. The van der Waals surface area contributed by atoms with Gasteiger partial charge in [-0.05, 0) is 49.2 Å². The Bertz CT molecular complexity index is 598. The van der Waals surface area contributed by atoms with Crippen molar-refractivity contribution in [1.82, 2.24) is 5.32 Å². The zero-order valence-corrected chi connectivity index (χ0v) is 15.2. The number of rotatable bonds is 6. The third kappa shape index (κ3) is 4.60. The van der Waals surface area contributed by atoms with Crippen LogP contribution in [0.4, 0.5) is 0 Å². The molecule has 0 aliphatic carbocycles. The van der Waals surface area contributed by atoms with E-state index in [4.69, 9.17) is 0 Å². The van der Waals surface area contributed by atoms with Crippen LogP contribution in [0.1, 0.15) is 36.6 Å². The van der Waals surface area contributed by atoms with Crippen LogP contribution in [0.15, 0.2) is 51.8 Å². The lowest BCUT2D eigenvalue weighted by Gasteiger charge is -2.15. The average molecular weight is 364 g/mol. The molecule has 1 N–H and O–H groups in total. The number of aryl methyl sites for hydroxylation is 1. The zero-order chi connectivity index (χ0) is 15.2. The second kappa shape index (κ2) is 8.02. The van der Waals surface area contributed by atoms with E-state index in [9.17, 15) is 0 Å². The molecule has 0 saturated heterocycles. The summed E-state index contributed by atoms with van der Waals surface area (Å²) in [5.41, 5.74) is 4.09. The van der Waals surface area contributed by atoms with E-state index >= 15 is 0 Å². The normalized spacial score (nSPS) is 12.4. The highest BCUT2D eigenvalue weighted by atomic mass is 79.9. The van der Waals surface area contributed by atoms with Crippen LogP contribution in [0, 0.1) is 6.92 Å². The molecule has 3 heteroatoms. The summed E-state index contributed by atoms with van der Waals surface area (Å²) in [6.07, 6.45) is 0. The summed E-state index contributed by atoms with van der Waals surface area (Å²) in [5.74, 6) is 1.02. The summed E-state index contributed by atoms with van der Waals surface area (Å²) >= 11 is 5.59. The number of benzene rings is 2. The first-order chi connectivity index (χ1) is 10.1. The maximum Gasteiger partial charge on any atom is 0.0302 e. The van der Waals surface area contributed by atoms with Crippen molar-refractivity contribution in [3.63, 3.8) is 0 Å². The Balaban J connectivity index is 2.05. The predicted molar refractivity (Wildman–Crippen MR) is 97.0 cm³/mol. The highest BCUT2D eigenvalue weighted by Crippen LogP contribution is 2.31. The fourth-order valence-electron chi connectivity index (χ4n) is 2.30. The monoisotopic (exact) mass is 363 g/mol. The second-order valence-electron chi connectivity index (χ2n) is 5.18. The van der Waals surface area contributed by atoms with Crippen LogP contribution in [0.2, 0.25) is 0 Å². The van der Waals surface area contributed by atoms with Gasteiger partial charge >= 0.3 is 0 Å². The maximum atomic E-state index is 3.71. The van der Waals surface area contributed by atoms with Gasteiger partial charge in [0.2, 0.25) is 0 Å². The van der Waals surface area contributed by atoms with Crippen molar-refractivity contribution in [2.24, 2.45) is 0 Å². The fourth-order valence-corrected chi connectivity index (χ4v) is 4.18. The minimum atomic E-state index is 0.375. The first-order valence-electron chi connectivity index (χ1n) is 7.32. The first kappa shape index (κ1) is 16.6. The van der Waals surface area contributed by atoms with Crippen molar-refractivity contribution in [3.8, 4) is 0 Å². The van der Waals surface area contributed by atoms with E-state index in [1.54, 1.807) is 0 Å². The van der Waals surface area contributed by atoms with Gasteiger partial charge in [-0.1, -0.05) is 53.2 Å². The SMILES string of the molecule is CCNC(C)c1ccc(SCc2ccccc2C)cc1Br. The Kier molecular flexibility index (Phi) is 6.34. The maximum absolute atomic E-state index is 3.71. The van der Waals surface area contributed by atoms with E-state index in [-0.39, 0.29) is 0 Å². The van der Waals surface area contributed by atoms with Crippen LogP contribution < -0.4 is 5.32 Å². The van der Waals surface area contributed by atoms with Crippen LogP contribution in [0.25, 0.3) is 0 Å².